The molecule has 0 bridgehead atoms. The second kappa shape index (κ2) is 8.22. The summed E-state index contributed by atoms with van der Waals surface area (Å²) in [6.07, 6.45) is 1.23. The van der Waals surface area contributed by atoms with Crippen molar-refractivity contribution in [1.29, 1.82) is 0 Å². The molecular formula is C26H21BrN4O3. The maximum Gasteiger partial charge on any atom is 0.226 e. The second-order valence-electron chi connectivity index (χ2n) is 8.05. The molecule has 2 aliphatic rings. The number of halogens is 1. The van der Waals surface area contributed by atoms with Crippen molar-refractivity contribution in [3.8, 4) is 17.2 Å². The van der Waals surface area contributed by atoms with E-state index in [1.807, 2.05) is 53.2 Å². The normalized spacial score (nSPS) is 18.2. The van der Waals surface area contributed by atoms with Crippen molar-refractivity contribution in [2.75, 3.05) is 19.5 Å². The van der Waals surface area contributed by atoms with E-state index in [0.717, 1.165) is 38.2 Å². The molecule has 0 unspecified atom stereocenters. The molecule has 0 radical (unpaired) electrons. The monoisotopic (exact) mass is 516 g/mol. The molecule has 3 aromatic carbocycles. The van der Waals surface area contributed by atoms with Gasteiger partial charge < -0.3 is 19.5 Å². The largest absolute Gasteiger partial charge is 0.493 e. The Morgan fingerprint density at radius 2 is 1.71 bits per heavy atom. The average Bonchev–Trinajstić information content (AvgIpc) is 3.35. The fourth-order valence-electron chi connectivity index (χ4n) is 4.67. The van der Waals surface area contributed by atoms with E-state index in [9.17, 15) is 0 Å². The lowest BCUT2D eigenvalue weighted by atomic mass is 9.84. The first-order valence-electron chi connectivity index (χ1n) is 10.8. The van der Waals surface area contributed by atoms with Crippen LogP contribution in [-0.2, 0) is 0 Å². The molecule has 1 N–H and O–H groups in total. The second-order valence-corrected chi connectivity index (χ2v) is 8.96. The van der Waals surface area contributed by atoms with Crippen LogP contribution in [0, 0.1) is 0 Å². The van der Waals surface area contributed by atoms with Gasteiger partial charge in [-0.05, 0) is 47.5 Å². The van der Waals surface area contributed by atoms with Crippen LogP contribution in [0.3, 0.4) is 0 Å². The summed E-state index contributed by atoms with van der Waals surface area (Å²) in [5, 5.41) is 8.10. The predicted molar refractivity (Wildman–Crippen MR) is 132 cm³/mol. The maximum atomic E-state index is 6.64. The molecule has 34 heavy (non-hydrogen) atoms. The van der Waals surface area contributed by atoms with Gasteiger partial charge in [-0.25, -0.2) is 4.68 Å². The number of rotatable bonds is 4. The Bertz CT molecular complexity index is 1410. The Labute approximate surface area is 205 Å². The number of aromatic nitrogens is 3. The van der Waals surface area contributed by atoms with Crippen molar-refractivity contribution in [3.05, 3.63) is 99.8 Å². The van der Waals surface area contributed by atoms with E-state index in [2.05, 4.69) is 49.5 Å². The molecule has 2 aliphatic heterocycles. The fraction of sp³-hybridized carbons (Fsp3) is 0.154. The van der Waals surface area contributed by atoms with Crippen LogP contribution in [0.5, 0.6) is 17.2 Å². The summed E-state index contributed by atoms with van der Waals surface area (Å²) in [6, 6.07) is 21.9. The molecule has 1 aromatic heterocycles. The first-order chi connectivity index (χ1) is 16.7. The smallest absolute Gasteiger partial charge is 0.226 e. The third kappa shape index (κ3) is 3.25. The predicted octanol–water partition coefficient (Wildman–Crippen LogP) is 5.62. The van der Waals surface area contributed by atoms with E-state index in [4.69, 9.17) is 14.2 Å². The zero-order valence-electron chi connectivity index (χ0n) is 18.5. The molecule has 2 atom stereocenters. The van der Waals surface area contributed by atoms with Crippen LogP contribution in [0.1, 0.15) is 28.8 Å². The highest BCUT2D eigenvalue weighted by Gasteiger charge is 2.41. The summed E-state index contributed by atoms with van der Waals surface area (Å²) in [6.45, 7) is 0. The number of hydrogen-bond donors (Lipinski definition) is 1. The molecular weight excluding hydrogens is 496 g/mol. The number of ether oxygens (including phenoxy) is 3. The van der Waals surface area contributed by atoms with Gasteiger partial charge in [0.25, 0.3) is 0 Å². The zero-order valence-corrected chi connectivity index (χ0v) is 20.1. The van der Waals surface area contributed by atoms with Crippen molar-refractivity contribution in [1.82, 2.24) is 14.8 Å². The van der Waals surface area contributed by atoms with E-state index < -0.39 is 0 Å². The molecule has 0 fully saturated rings. The molecule has 8 heteroatoms. The number of methoxy groups -OCH3 is 2. The van der Waals surface area contributed by atoms with Crippen LogP contribution in [0.2, 0.25) is 0 Å². The molecule has 170 valence electrons. The highest BCUT2D eigenvalue weighted by atomic mass is 79.9. The van der Waals surface area contributed by atoms with Crippen LogP contribution in [0.25, 0.3) is 5.70 Å². The summed E-state index contributed by atoms with van der Waals surface area (Å²) in [5.74, 6) is 2.81. The Balaban J connectivity index is 1.61. The van der Waals surface area contributed by atoms with E-state index in [0.29, 0.717) is 17.4 Å². The summed E-state index contributed by atoms with van der Waals surface area (Å²) in [5.41, 5.74) is 5.05. The SMILES string of the molecule is COc1ccc([C@@H]2C3=C(Nc4ncnn42)c2ccccc2O[C@@H]3c2ccc(Br)cc2)cc1OC. The zero-order chi connectivity index (χ0) is 23.2. The van der Waals surface area contributed by atoms with E-state index in [1.54, 1.807) is 20.5 Å². The highest BCUT2D eigenvalue weighted by Crippen LogP contribution is 2.51. The van der Waals surface area contributed by atoms with Crippen LogP contribution >= 0.6 is 15.9 Å². The van der Waals surface area contributed by atoms with Crippen LogP contribution < -0.4 is 19.5 Å². The topological polar surface area (TPSA) is 70.4 Å². The van der Waals surface area contributed by atoms with Crippen molar-refractivity contribution < 1.29 is 14.2 Å². The van der Waals surface area contributed by atoms with E-state index in [1.165, 1.54) is 0 Å². The third-order valence-corrected chi connectivity index (χ3v) is 6.75. The molecule has 0 spiro atoms. The third-order valence-electron chi connectivity index (χ3n) is 6.22. The van der Waals surface area contributed by atoms with Gasteiger partial charge in [0.1, 0.15) is 24.2 Å². The minimum atomic E-state index is -0.332. The summed E-state index contributed by atoms with van der Waals surface area (Å²) in [4.78, 5) is 4.49. The lowest BCUT2D eigenvalue weighted by Crippen LogP contribution is -2.32. The number of fused-ring (bicyclic) bond motifs is 3. The van der Waals surface area contributed by atoms with Crippen molar-refractivity contribution in [3.63, 3.8) is 0 Å². The lowest BCUT2D eigenvalue weighted by Gasteiger charge is -2.39. The van der Waals surface area contributed by atoms with Gasteiger partial charge in [0.2, 0.25) is 5.95 Å². The van der Waals surface area contributed by atoms with Gasteiger partial charge >= 0.3 is 0 Å². The van der Waals surface area contributed by atoms with Gasteiger partial charge in [-0.1, -0.05) is 46.3 Å². The van der Waals surface area contributed by atoms with Crippen LogP contribution in [0.4, 0.5) is 5.95 Å². The molecule has 0 amide bonds. The fourth-order valence-corrected chi connectivity index (χ4v) is 4.94. The Morgan fingerprint density at radius 3 is 2.50 bits per heavy atom. The molecule has 0 saturated heterocycles. The molecule has 3 heterocycles. The van der Waals surface area contributed by atoms with Crippen molar-refractivity contribution >= 4 is 27.6 Å². The van der Waals surface area contributed by atoms with Gasteiger partial charge in [-0.2, -0.15) is 10.1 Å². The Morgan fingerprint density at radius 1 is 0.941 bits per heavy atom. The van der Waals surface area contributed by atoms with Gasteiger partial charge in [-0.15, -0.1) is 0 Å². The van der Waals surface area contributed by atoms with Gasteiger partial charge in [0, 0.05) is 15.6 Å². The Hall–Kier alpha value is -3.78. The maximum absolute atomic E-state index is 6.64. The molecule has 4 aromatic rings. The summed E-state index contributed by atoms with van der Waals surface area (Å²) < 4.78 is 20.6. The number of hydrogen-bond acceptors (Lipinski definition) is 6. The first kappa shape index (κ1) is 20.8. The number of benzene rings is 3. The van der Waals surface area contributed by atoms with Crippen LogP contribution in [-0.4, -0.2) is 29.0 Å². The molecule has 0 saturated carbocycles. The van der Waals surface area contributed by atoms with Gasteiger partial charge in [0.15, 0.2) is 11.5 Å². The van der Waals surface area contributed by atoms with Crippen LogP contribution in [0.15, 0.2) is 83.1 Å². The van der Waals surface area contributed by atoms with E-state index in [-0.39, 0.29) is 12.1 Å². The quantitative estimate of drug-likeness (QED) is 0.379. The van der Waals surface area contributed by atoms with Crippen molar-refractivity contribution in [2.45, 2.75) is 12.1 Å². The number of nitrogens with one attached hydrogen (secondary N) is 1. The van der Waals surface area contributed by atoms with Gasteiger partial charge in [-0.3, -0.25) is 0 Å². The average molecular weight is 517 g/mol. The minimum absolute atomic E-state index is 0.268. The number of nitrogens with zero attached hydrogens (tertiary/aromatic N) is 3. The van der Waals surface area contributed by atoms with Crippen molar-refractivity contribution in [2.24, 2.45) is 0 Å². The number of para-hydroxylation sites is 1. The van der Waals surface area contributed by atoms with E-state index >= 15 is 0 Å². The minimum Gasteiger partial charge on any atom is -0.493 e. The first-order valence-corrected chi connectivity index (χ1v) is 11.6. The summed E-state index contributed by atoms with van der Waals surface area (Å²) in [7, 11) is 3.27. The summed E-state index contributed by atoms with van der Waals surface area (Å²) >= 11 is 3.55. The molecule has 7 nitrogen and oxygen atoms in total. The number of anilines is 1. The van der Waals surface area contributed by atoms with Gasteiger partial charge in [0.05, 0.1) is 19.9 Å². The molecule has 0 aliphatic carbocycles. The highest BCUT2D eigenvalue weighted by molar-refractivity contribution is 9.10. The lowest BCUT2D eigenvalue weighted by molar-refractivity contribution is 0.223. The molecule has 6 rings (SSSR count). The standard InChI is InChI=1S/C26H21BrN4O3/c1-32-20-12-9-16(13-21(20)33-2)24-22-23(30-26-28-14-29-31(24)26)18-5-3-4-6-19(18)34-25(22)15-7-10-17(27)11-8-15/h3-14,24-25H,1-2H3,(H,28,29,30)/t24-,25-/m1/s1. The Kier molecular flexibility index (Phi) is 5.03.